The molecule has 4 nitrogen and oxygen atoms in total. The molecular weight excluding hydrogens is 354 g/mol. The van der Waals surface area contributed by atoms with Crippen LogP contribution in [0, 0.1) is 19.8 Å². The molecule has 0 saturated carbocycles. The summed E-state index contributed by atoms with van der Waals surface area (Å²) >= 11 is 5.03. The Morgan fingerprint density at radius 2 is 1.96 bits per heavy atom. The summed E-state index contributed by atoms with van der Waals surface area (Å²) in [6, 6.07) is 10.4. The molecule has 2 aromatic rings. The molecule has 3 heterocycles. The molecule has 0 aromatic carbocycles. The molecule has 1 fully saturated rings. The minimum absolute atomic E-state index is 0.407. The van der Waals surface area contributed by atoms with Gasteiger partial charge in [-0.15, -0.1) is 0 Å². The van der Waals surface area contributed by atoms with E-state index in [-0.39, 0.29) is 0 Å². The average molecular weight is 386 g/mol. The first-order valence-electron chi connectivity index (χ1n) is 9.90. The van der Waals surface area contributed by atoms with Crippen molar-refractivity contribution in [3.63, 3.8) is 0 Å². The van der Waals surface area contributed by atoms with Gasteiger partial charge >= 0.3 is 0 Å². The smallest absolute Gasteiger partial charge is 0.213 e. The van der Waals surface area contributed by atoms with Crippen LogP contribution in [0.25, 0.3) is 0 Å². The highest BCUT2D eigenvalue weighted by molar-refractivity contribution is 7.81. The van der Waals surface area contributed by atoms with Crippen LogP contribution in [0.1, 0.15) is 49.3 Å². The summed E-state index contributed by atoms with van der Waals surface area (Å²) in [5.74, 6) is 1.30. The van der Waals surface area contributed by atoms with E-state index in [1.54, 1.807) is 0 Å². The van der Waals surface area contributed by atoms with E-state index < -0.39 is 4.87 Å². The third-order valence-electron chi connectivity index (χ3n) is 5.30. The predicted molar refractivity (Wildman–Crippen MR) is 113 cm³/mol. The van der Waals surface area contributed by atoms with E-state index in [0.29, 0.717) is 18.4 Å². The van der Waals surface area contributed by atoms with Gasteiger partial charge in [0.1, 0.15) is 4.87 Å². The van der Waals surface area contributed by atoms with Crippen LogP contribution in [0.3, 0.4) is 0 Å². The topological polar surface area (TPSA) is 38.2 Å². The van der Waals surface area contributed by atoms with Crippen LogP contribution in [-0.4, -0.2) is 34.6 Å². The molecule has 3 rings (SSSR count). The number of ether oxygens (including phenoxy) is 1. The van der Waals surface area contributed by atoms with Crippen molar-refractivity contribution < 1.29 is 4.74 Å². The maximum absolute atomic E-state index is 5.58. The summed E-state index contributed by atoms with van der Waals surface area (Å²) < 4.78 is 5.58. The lowest BCUT2D eigenvalue weighted by Gasteiger charge is -2.42. The van der Waals surface area contributed by atoms with Crippen LogP contribution in [-0.2, 0) is 11.3 Å². The first kappa shape index (κ1) is 20.2. The molecule has 1 saturated heterocycles. The molecule has 5 heteroatoms. The Balaban J connectivity index is 1.73. The summed E-state index contributed by atoms with van der Waals surface area (Å²) in [6.07, 6.45) is 3.54. The molecule has 0 N–H and O–H groups in total. The third kappa shape index (κ3) is 5.02. The first-order valence-corrected chi connectivity index (χ1v) is 10.3. The lowest BCUT2D eigenvalue weighted by molar-refractivity contribution is 0.109. The lowest BCUT2D eigenvalue weighted by atomic mass is 9.90. The van der Waals surface area contributed by atoms with E-state index >= 15 is 0 Å². The van der Waals surface area contributed by atoms with Crippen LogP contribution >= 0.6 is 12.6 Å². The van der Waals surface area contributed by atoms with E-state index in [0.717, 1.165) is 36.6 Å². The second kappa shape index (κ2) is 8.61. The number of nitrogens with zero attached hydrogens (tertiary/aromatic N) is 3. The molecule has 0 spiro atoms. The summed E-state index contributed by atoms with van der Waals surface area (Å²) in [5.41, 5.74) is 4.56. The van der Waals surface area contributed by atoms with Gasteiger partial charge < -0.3 is 4.74 Å². The van der Waals surface area contributed by atoms with E-state index in [9.17, 15) is 0 Å². The molecular formula is C22H31N3OS. The van der Waals surface area contributed by atoms with Crippen molar-refractivity contribution in [1.82, 2.24) is 14.9 Å². The SMILES string of the molecule is CCOc1cccc(C(C)(S)N2CCC[C@H](Cc3cc(C)nc(C)c3)C2)n1. The highest BCUT2D eigenvalue weighted by Gasteiger charge is 2.35. The molecule has 0 amide bonds. The number of aromatic nitrogens is 2. The van der Waals surface area contributed by atoms with Gasteiger partial charge in [0.25, 0.3) is 0 Å². The molecule has 1 aliphatic heterocycles. The van der Waals surface area contributed by atoms with Crippen LogP contribution < -0.4 is 4.74 Å². The normalized spacial score (nSPS) is 20.3. The Morgan fingerprint density at radius 3 is 2.67 bits per heavy atom. The van der Waals surface area contributed by atoms with Gasteiger partial charge in [-0.25, -0.2) is 4.98 Å². The van der Waals surface area contributed by atoms with Gasteiger partial charge in [0.05, 0.1) is 12.3 Å². The Labute approximate surface area is 168 Å². The monoisotopic (exact) mass is 385 g/mol. The largest absolute Gasteiger partial charge is 0.478 e. The van der Waals surface area contributed by atoms with Crippen molar-refractivity contribution in [3.05, 3.63) is 53.0 Å². The summed E-state index contributed by atoms with van der Waals surface area (Å²) in [4.78, 5) is 11.2. The number of piperidine rings is 1. The fourth-order valence-electron chi connectivity index (χ4n) is 4.07. The number of likely N-dealkylation sites (tertiary alicyclic amines) is 1. The average Bonchev–Trinajstić information content (AvgIpc) is 2.61. The summed E-state index contributed by atoms with van der Waals surface area (Å²) in [6.45, 7) is 11.0. The second-order valence-corrected chi connectivity index (χ2v) is 8.60. The minimum Gasteiger partial charge on any atom is -0.478 e. The zero-order valence-electron chi connectivity index (χ0n) is 16.9. The summed E-state index contributed by atoms with van der Waals surface area (Å²) in [7, 11) is 0. The van der Waals surface area contributed by atoms with Crippen LogP contribution in [0.15, 0.2) is 30.3 Å². The fraction of sp³-hybridized carbons (Fsp3) is 0.545. The Morgan fingerprint density at radius 1 is 1.22 bits per heavy atom. The highest BCUT2D eigenvalue weighted by atomic mass is 32.1. The molecule has 1 aliphatic rings. The molecule has 1 unspecified atom stereocenters. The van der Waals surface area contributed by atoms with Gasteiger partial charge in [-0.2, -0.15) is 12.6 Å². The highest BCUT2D eigenvalue weighted by Crippen LogP contribution is 2.36. The number of hydrogen-bond acceptors (Lipinski definition) is 5. The van der Waals surface area contributed by atoms with Crippen molar-refractivity contribution >= 4 is 12.6 Å². The molecule has 0 aliphatic carbocycles. The standard InChI is InChI=1S/C22H31N3OS/c1-5-26-21-10-6-9-20(24-21)22(4,27)25-11-7-8-18(15-25)14-19-12-16(2)23-17(3)13-19/h6,9-10,12-13,18,27H,5,7-8,11,14-15H2,1-4H3/t18-,22?/m1/s1. The van der Waals surface area contributed by atoms with Gasteiger partial charge in [-0.1, -0.05) is 6.07 Å². The molecule has 2 aromatic heterocycles. The van der Waals surface area contributed by atoms with Crippen molar-refractivity contribution in [1.29, 1.82) is 0 Å². The quantitative estimate of drug-likeness (QED) is 0.741. The van der Waals surface area contributed by atoms with E-state index in [4.69, 9.17) is 22.3 Å². The van der Waals surface area contributed by atoms with Crippen molar-refractivity contribution in [2.75, 3.05) is 19.7 Å². The number of rotatable bonds is 6. The molecule has 27 heavy (non-hydrogen) atoms. The number of pyridine rings is 2. The molecule has 2 atom stereocenters. The van der Waals surface area contributed by atoms with Crippen molar-refractivity contribution in [2.45, 2.75) is 51.8 Å². The van der Waals surface area contributed by atoms with Crippen LogP contribution in [0.2, 0.25) is 0 Å². The maximum atomic E-state index is 5.58. The van der Waals surface area contributed by atoms with Gasteiger partial charge in [0, 0.05) is 24.0 Å². The summed E-state index contributed by atoms with van der Waals surface area (Å²) in [5, 5.41) is 0. The second-order valence-electron chi connectivity index (χ2n) is 7.73. The Kier molecular flexibility index (Phi) is 6.43. The van der Waals surface area contributed by atoms with Gasteiger partial charge in [0.15, 0.2) is 0 Å². The van der Waals surface area contributed by atoms with E-state index in [1.165, 1.54) is 18.4 Å². The zero-order valence-corrected chi connectivity index (χ0v) is 17.8. The number of thiol groups is 1. The van der Waals surface area contributed by atoms with Gasteiger partial charge in [-0.05, 0) is 83.2 Å². The molecule has 0 radical (unpaired) electrons. The number of aryl methyl sites for hydroxylation is 2. The Hall–Kier alpha value is -1.59. The van der Waals surface area contributed by atoms with E-state index in [1.807, 2.05) is 19.1 Å². The number of hydrogen-bond donors (Lipinski definition) is 1. The van der Waals surface area contributed by atoms with Crippen LogP contribution in [0.5, 0.6) is 5.88 Å². The lowest BCUT2D eigenvalue weighted by Crippen LogP contribution is -2.46. The Bertz CT molecular complexity index is 758. The van der Waals surface area contributed by atoms with Crippen molar-refractivity contribution in [2.24, 2.45) is 5.92 Å². The van der Waals surface area contributed by atoms with Crippen molar-refractivity contribution in [3.8, 4) is 5.88 Å². The van der Waals surface area contributed by atoms with Gasteiger partial charge in [-0.3, -0.25) is 9.88 Å². The minimum atomic E-state index is -0.407. The van der Waals surface area contributed by atoms with E-state index in [2.05, 4.69) is 48.9 Å². The zero-order chi connectivity index (χ0) is 19.4. The fourth-order valence-corrected chi connectivity index (χ4v) is 4.37. The predicted octanol–water partition coefficient (Wildman–Crippen LogP) is 4.55. The maximum Gasteiger partial charge on any atom is 0.213 e. The molecule has 0 bridgehead atoms. The third-order valence-corrected chi connectivity index (χ3v) is 5.81. The van der Waals surface area contributed by atoms with Crippen LogP contribution in [0.4, 0.5) is 0 Å². The van der Waals surface area contributed by atoms with Gasteiger partial charge in [0.2, 0.25) is 5.88 Å². The first-order chi connectivity index (χ1) is 12.9. The molecule has 146 valence electrons.